The number of fused-ring (bicyclic) bond motifs is 1. The molecule has 0 amide bonds. The maximum absolute atomic E-state index is 11.0. The average molecular weight is 406 g/mol. The smallest absolute Gasteiger partial charge is 0.303 e. The highest BCUT2D eigenvalue weighted by atomic mass is 35.5. The van der Waals surface area contributed by atoms with Crippen molar-refractivity contribution in [1.29, 1.82) is 0 Å². The van der Waals surface area contributed by atoms with E-state index in [0.717, 1.165) is 38.9 Å². The third-order valence-electron chi connectivity index (χ3n) is 4.82. The summed E-state index contributed by atoms with van der Waals surface area (Å²) in [6.07, 6.45) is 2.48. The van der Waals surface area contributed by atoms with Crippen molar-refractivity contribution in [2.24, 2.45) is 0 Å². The fraction of sp³-hybridized carbons (Fsp3) is 0.125. The van der Waals surface area contributed by atoms with E-state index in [4.69, 9.17) is 21.4 Å². The van der Waals surface area contributed by atoms with Crippen molar-refractivity contribution in [1.82, 2.24) is 4.98 Å². The molecular weight excluding hydrogens is 386 g/mol. The topological polar surface area (TPSA) is 62.3 Å². The van der Waals surface area contributed by atoms with Gasteiger partial charge in [-0.15, -0.1) is 0 Å². The predicted octanol–water partition coefficient (Wildman–Crippen LogP) is 6.08. The molecule has 4 nitrogen and oxygen atoms in total. The van der Waals surface area contributed by atoms with Crippen LogP contribution in [0.1, 0.15) is 17.5 Å². The monoisotopic (exact) mass is 405 g/mol. The summed E-state index contributed by atoms with van der Waals surface area (Å²) in [4.78, 5) is 14.2. The molecule has 3 aromatic carbocycles. The largest absolute Gasteiger partial charge is 0.488 e. The van der Waals surface area contributed by atoms with E-state index in [1.165, 1.54) is 0 Å². The molecule has 0 fully saturated rings. The molecule has 0 atom stereocenters. The van der Waals surface area contributed by atoms with Gasteiger partial charge in [0.15, 0.2) is 0 Å². The Kier molecular flexibility index (Phi) is 5.54. The molecule has 0 bridgehead atoms. The van der Waals surface area contributed by atoms with Crippen LogP contribution in [0.2, 0.25) is 5.02 Å². The van der Waals surface area contributed by atoms with Crippen LogP contribution < -0.4 is 4.74 Å². The molecular formula is C24H20ClNO3. The molecule has 1 aromatic heterocycles. The summed E-state index contributed by atoms with van der Waals surface area (Å²) >= 11 is 6.07. The maximum atomic E-state index is 11.0. The Hall–Kier alpha value is -3.24. The van der Waals surface area contributed by atoms with E-state index in [0.29, 0.717) is 18.1 Å². The zero-order valence-electron chi connectivity index (χ0n) is 15.7. The van der Waals surface area contributed by atoms with E-state index in [9.17, 15) is 4.79 Å². The van der Waals surface area contributed by atoms with E-state index in [1.807, 2.05) is 66.9 Å². The normalized spacial score (nSPS) is 10.9. The molecule has 0 aliphatic heterocycles. The Morgan fingerprint density at radius 3 is 2.72 bits per heavy atom. The van der Waals surface area contributed by atoms with Crippen molar-refractivity contribution in [3.05, 3.63) is 89.1 Å². The SMILES string of the molecule is O=C(O)CCc1ccc(OCc2cccc(Cl)c2)c(-c2ccc3[nH]ccc3c2)c1. The molecule has 0 spiro atoms. The fourth-order valence-electron chi connectivity index (χ4n) is 3.34. The number of H-pyrrole nitrogens is 1. The molecule has 0 aliphatic rings. The van der Waals surface area contributed by atoms with Gasteiger partial charge in [0.05, 0.1) is 0 Å². The molecule has 0 saturated carbocycles. The fourth-order valence-corrected chi connectivity index (χ4v) is 3.56. The second-order valence-electron chi connectivity index (χ2n) is 6.92. The van der Waals surface area contributed by atoms with E-state index in [2.05, 4.69) is 11.1 Å². The molecule has 0 saturated heterocycles. The zero-order chi connectivity index (χ0) is 20.2. The van der Waals surface area contributed by atoms with Crippen molar-refractivity contribution >= 4 is 28.5 Å². The number of aromatic amines is 1. The molecule has 0 radical (unpaired) electrons. The number of ether oxygens (including phenoxy) is 1. The van der Waals surface area contributed by atoms with Crippen LogP contribution in [-0.4, -0.2) is 16.1 Å². The number of carboxylic acids is 1. The number of aromatic nitrogens is 1. The van der Waals surface area contributed by atoms with E-state index in [1.54, 1.807) is 0 Å². The highest BCUT2D eigenvalue weighted by molar-refractivity contribution is 6.30. The quantitative estimate of drug-likeness (QED) is 0.391. The van der Waals surface area contributed by atoms with Crippen LogP contribution in [0, 0.1) is 0 Å². The van der Waals surface area contributed by atoms with Crippen LogP contribution in [0.4, 0.5) is 0 Å². The second-order valence-corrected chi connectivity index (χ2v) is 7.36. The van der Waals surface area contributed by atoms with Crippen LogP contribution in [0.3, 0.4) is 0 Å². The first-order valence-electron chi connectivity index (χ1n) is 9.38. The first-order chi connectivity index (χ1) is 14.1. The van der Waals surface area contributed by atoms with Gasteiger partial charge in [0.25, 0.3) is 0 Å². The van der Waals surface area contributed by atoms with Crippen LogP contribution in [0.25, 0.3) is 22.0 Å². The lowest BCUT2D eigenvalue weighted by molar-refractivity contribution is -0.136. The Balaban J connectivity index is 1.67. The van der Waals surface area contributed by atoms with E-state index >= 15 is 0 Å². The molecule has 0 aliphatic carbocycles. The van der Waals surface area contributed by atoms with Gasteiger partial charge >= 0.3 is 5.97 Å². The van der Waals surface area contributed by atoms with Gasteiger partial charge in [-0.1, -0.05) is 35.9 Å². The summed E-state index contributed by atoms with van der Waals surface area (Å²) in [6, 6.07) is 21.7. The van der Waals surface area contributed by atoms with Gasteiger partial charge in [-0.25, -0.2) is 0 Å². The highest BCUT2D eigenvalue weighted by Gasteiger charge is 2.11. The first kappa shape index (κ1) is 19.1. The molecule has 0 unspecified atom stereocenters. The van der Waals surface area contributed by atoms with Gasteiger partial charge in [-0.2, -0.15) is 0 Å². The minimum absolute atomic E-state index is 0.0962. The van der Waals surface area contributed by atoms with Gasteiger partial charge in [-0.05, 0) is 71.0 Å². The third kappa shape index (κ3) is 4.61. The number of halogens is 1. The van der Waals surface area contributed by atoms with Crippen molar-refractivity contribution in [2.45, 2.75) is 19.4 Å². The number of carboxylic acid groups (broad SMARTS) is 1. The third-order valence-corrected chi connectivity index (χ3v) is 5.05. The minimum Gasteiger partial charge on any atom is -0.488 e. The van der Waals surface area contributed by atoms with E-state index < -0.39 is 5.97 Å². The van der Waals surface area contributed by atoms with Gasteiger partial charge < -0.3 is 14.8 Å². The number of aryl methyl sites for hydroxylation is 1. The highest BCUT2D eigenvalue weighted by Crippen LogP contribution is 2.34. The lowest BCUT2D eigenvalue weighted by Crippen LogP contribution is -2.00. The number of hydrogen-bond acceptors (Lipinski definition) is 2. The predicted molar refractivity (Wildman–Crippen MR) is 115 cm³/mol. The molecule has 2 N–H and O–H groups in total. The zero-order valence-corrected chi connectivity index (χ0v) is 16.4. The number of aliphatic carboxylic acids is 1. The van der Waals surface area contributed by atoms with Crippen molar-refractivity contribution < 1.29 is 14.6 Å². The number of rotatable bonds is 7. The summed E-state index contributed by atoms with van der Waals surface area (Å²) in [6.45, 7) is 0.397. The standard InChI is InChI=1S/C24H20ClNO3/c25-20-3-1-2-17(12-20)15-29-23-8-4-16(5-9-24(27)28)13-21(23)18-6-7-22-19(14-18)10-11-26-22/h1-4,6-8,10-14,26H,5,9,15H2,(H,27,28). The van der Waals surface area contributed by atoms with Gasteiger partial charge in [0.2, 0.25) is 0 Å². The summed E-state index contributed by atoms with van der Waals surface area (Å²) < 4.78 is 6.12. The minimum atomic E-state index is -0.804. The lowest BCUT2D eigenvalue weighted by atomic mass is 9.99. The van der Waals surface area contributed by atoms with Crippen LogP contribution in [0.15, 0.2) is 72.9 Å². The molecule has 29 heavy (non-hydrogen) atoms. The van der Waals surface area contributed by atoms with Crippen molar-refractivity contribution in [3.63, 3.8) is 0 Å². The summed E-state index contributed by atoms with van der Waals surface area (Å²) in [5, 5.41) is 10.8. The number of hydrogen-bond donors (Lipinski definition) is 2. The van der Waals surface area contributed by atoms with Crippen molar-refractivity contribution in [2.75, 3.05) is 0 Å². The van der Waals surface area contributed by atoms with Gasteiger partial charge in [0.1, 0.15) is 12.4 Å². The van der Waals surface area contributed by atoms with E-state index in [-0.39, 0.29) is 6.42 Å². The Morgan fingerprint density at radius 2 is 1.90 bits per heavy atom. The summed E-state index contributed by atoms with van der Waals surface area (Å²) in [7, 11) is 0. The van der Waals surface area contributed by atoms with Gasteiger partial charge in [0, 0.05) is 28.7 Å². The van der Waals surface area contributed by atoms with Gasteiger partial charge in [-0.3, -0.25) is 4.79 Å². The Bertz CT molecular complexity index is 1170. The first-order valence-corrected chi connectivity index (χ1v) is 9.76. The molecule has 1 heterocycles. The van der Waals surface area contributed by atoms with Crippen LogP contribution >= 0.6 is 11.6 Å². The molecule has 4 aromatic rings. The number of carbonyl (C=O) groups is 1. The average Bonchev–Trinajstić information content (AvgIpc) is 3.19. The molecule has 146 valence electrons. The number of benzene rings is 3. The summed E-state index contributed by atoms with van der Waals surface area (Å²) in [5.41, 5.74) is 4.98. The van der Waals surface area contributed by atoms with Crippen molar-refractivity contribution in [3.8, 4) is 16.9 Å². The summed E-state index contributed by atoms with van der Waals surface area (Å²) in [5.74, 6) is -0.0551. The lowest BCUT2D eigenvalue weighted by Gasteiger charge is -2.14. The Morgan fingerprint density at radius 1 is 1.00 bits per heavy atom. The number of nitrogens with one attached hydrogen (secondary N) is 1. The maximum Gasteiger partial charge on any atom is 0.303 e. The molecule has 5 heteroatoms. The molecule has 4 rings (SSSR count). The van der Waals surface area contributed by atoms with Crippen LogP contribution in [0.5, 0.6) is 5.75 Å². The Labute approximate surface area is 173 Å². The second kappa shape index (κ2) is 8.41. The van der Waals surface area contributed by atoms with Crippen LogP contribution in [-0.2, 0) is 17.8 Å².